The summed E-state index contributed by atoms with van der Waals surface area (Å²) in [5.74, 6) is -2.67. The van der Waals surface area contributed by atoms with E-state index < -0.39 is 39.7 Å². The maximum absolute atomic E-state index is 13.5. The second-order valence-electron chi connectivity index (χ2n) is 5.02. The minimum atomic E-state index is -3.55. The molecule has 0 bridgehead atoms. The van der Waals surface area contributed by atoms with Gasteiger partial charge in [0.25, 0.3) is 5.91 Å². The number of benzene rings is 2. The smallest absolute Gasteiger partial charge is 0.341 e. The third-order valence-corrected chi connectivity index (χ3v) is 4.43. The molecule has 6 nitrogen and oxygen atoms in total. The van der Waals surface area contributed by atoms with Crippen LogP contribution < -0.4 is 5.32 Å². The van der Waals surface area contributed by atoms with E-state index >= 15 is 0 Å². The van der Waals surface area contributed by atoms with Crippen LogP contribution in [-0.4, -0.2) is 33.2 Å². The first-order valence-electron chi connectivity index (χ1n) is 6.89. The molecular weight excluding hydrogens is 373 g/mol. The lowest BCUT2D eigenvalue weighted by molar-refractivity contribution is -0.119. The van der Waals surface area contributed by atoms with Crippen LogP contribution in [0.15, 0.2) is 47.4 Å². The van der Waals surface area contributed by atoms with Crippen molar-refractivity contribution in [3.05, 3.63) is 58.9 Å². The molecule has 132 valence electrons. The molecule has 0 aliphatic carbocycles. The third-order valence-electron chi connectivity index (χ3n) is 3.04. The molecule has 0 spiro atoms. The number of esters is 1. The summed E-state index contributed by atoms with van der Waals surface area (Å²) in [5.41, 5.74) is -0.350. The summed E-state index contributed by atoms with van der Waals surface area (Å²) in [7, 11) is -3.55. The predicted molar refractivity (Wildman–Crippen MR) is 89.9 cm³/mol. The summed E-state index contributed by atoms with van der Waals surface area (Å²) < 4.78 is 41.6. The standard InChI is InChI=1S/C16H13ClFNO5S/c1-25(22,23)14-5-3-2-4-13(14)19-15(20)9-24-16(21)11-8-10(17)6-7-12(11)18/h2-8H,9H2,1H3,(H,19,20). The molecule has 0 aromatic heterocycles. The Balaban J connectivity index is 2.05. The molecule has 1 N–H and O–H groups in total. The number of halogens is 2. The first-order valence-corrected chi connectivity index (χ1v) is 9.16. The van der Waals surface area contributed by atoms with Gasteiger partial charge in [-0.2, -0.15) is 0 Å². The zero-order valence-electron chi connectivity index (χ0n) is 13.0. The summed E-state index contributed by atoms with van der Waals surface area (Å²) in [6.45, 7) is -0.719. The van der Waals surface area contributed by atoms with E-state index in [1.165, 1.54) is 30.3 Å². The molecule has 2 aromatic carbocycles. The second-order valence-corrected chi connectivity index (χ2v) is 7.44. The average Bonchev–Trinajstić information content (AvgIpc) is 2.54. The van der Waals surface area contributed by atoms with E-state index in [1.54, 1.807) is 0 Å². The number of nitrogens with one attached hydrogen (secondary N) is 1. The van der Waals surface area contributed by atoms with Gasteiger partial charge in [0.2, 0.25) is 0 Å². The first kappa shape index (κ1) is 18.9. The Labute approximate surface area is 148 Å². The maximum atomic E-state index is 13.5. The van der Waals surface area contributed by atoms with Crippen LogP contribution in [0.1, 0.15) is 10.4 Å². The van der Waals surface area contributed by atoms with Gasteiger partial charge in [0.15, 0.2) is 16.4 Å². The van der Waals surface area contributed by atoms with Gasteiger partial charge in [0.05, 0.1) is 16.1 Å². The zero-order valence-corrected chi connectivity index (χ0v) is 14.5. The molecular formula is C16H13ClFNO5S. The van der Waals surface area contributed by atoms with Crippen molar-refractivity contribution in [2.45, 2.75) is 4.90 Å². The van der Waals surface area contributed by atoms with Crippen LogP contribution in [0.3, 0.4) is 0 Å². The number of rotatable bonds is 5. The fraction of sp³-hybridized carbons (Fsp3) is 0.125. The van der Waals surface area contributed by atoms with Gasteiger partial charge in [-0.05, 0) is 30.3 Å². The van der Waals surface area contributed by atoms with E-state index in [1.807, 2.05) is 0 Å². The van der Waals surface area contributed by atoms with Crippen molar-refractivity contribution in [3.8, 4) is 0 Å². The lowest BCUT2D eigenvalue weighted by Crippen LogP contribution is -2.22. The van der Waals surface area contributed by atoms with Crippen LogP contribution in [0.5, 0.6) is 0 Å². The number of hydrogen-bond acceptors (Lipinski definition) is 5. The molecule has 25 heavy (non-hydrogen) atoms. The van der Waals surface area contributed by atoms with Crippen LogP contribution in [0, 0.1) is 5.82 Å². The molecule has 2 aromatic rings. The van der Waals surface area contributed by atoms with Crippen LogP contribution >= 0.6 is 11.6 Å². The molecule has 0 fully saturated rings. The van der Waals surface area contributed by atoms with Crippen molar-refractivity contribution in [1.29, 1.82) is 0 Å². The summed E-state index contributed by atoms with van der Waals surface area (Å²) >= 11 is 5.68. The van der Waals surface area contributed by atoms with Gasteiger partial charge >= 0.3 is 5.97 Å². The van der Waals surface area contributed by atoms with Crippen LogP contribution in [0.2, 0.25) is 5.02 Å². The normalized spacial score (nSPS) is 11.0. The minimum Gasteiger partial charge on any atom is -0.452 e. The monoisotopic (exact) mass is 385 g/mol. The molecule has 0 heterocycles. The third kappa shape index (κ3) is 5.01. The van der Waals surface area contributed by atoms with Crippen molar-refractivity contribution in [3.63, 3.8) is 0 Å². The molecule has 0 radical (unpaired) electrons. The zero-order chi connectivity index (χ0) is 18.6. The maximum Gasteiger partial charge on any atom is 0.341 e. The fourth-order valence-corrected chi connectivity index (χ4v) is 2.96. The van der Waals surface area contributed by atoms with E-state index in [9.17, 15) is 22.4 Å². The second kappa shape index (κ2) is 7.62. The number of hydrogen-bond donors (Lipinski definition) is 1. The molecule has 0 aliphatic heterocycles. The Bertz CT molecular complexity index is 930. The van der Waals surface area contributed by atoms with E-state index in [4.69, 9.17) is 16.3 Å². The highest BCUT2D eigenvalue weighted by Crippen LogP contribution is 2.20. The summed E-state index contributed by atoms with van der Waals surface area (Å²) in [4.78, 5) is 23.6. The number of amides is 1. The molecule has 0 atom stereocenters. The van der Waals surface area contributed by atoms with Crippen molar-refractivity contribution < 1.29 is 27.1 Å². The summed E-state index contributed by atoms with van der Waals surface area (Å²) in [6.07, 6.45) is 1.000. The Morgan fingerprint density at radius 3 is 2.56 bits per heavy atom. The van der Waals surface area contributed by atoms with E-state index in [0.717, 1.165) is 18.4 Å². The minimum absolute atomic E-state index is 0.0555. The summed E-state index contributed by atoms with van der Waals surface area (Å²) in [5, 5.41) is 2.47. The SMILES string of the molecule is CS(=O)(=O)c1ccccc1NC(=O)COC(=O)c1cc(Cl)ccc1F. The number of sulfone groups is 1. The Kier molecular flexibility index (Phi) is 5.76. The quantitative estimate of drug-likeness (QED) is 0.799. The van der Waals surface area contributed by atoms with Gasteiger partial charge in [0.1, 0.15) is 5.82 Å². The number of para-hydroxylation sites is 1. The highest BCUT2D eigenvalue weighted by atomic mass is 35.5. The van der Waals surface area contributed by atoms with E-state index in [-0.39, 0.29) is 15.6 Å². The van der Waals surface area contributed by atoms with Crippen LogP contribution in [0.25, 0.3) is 0 Å². The lowest BCUT2D eigenvalue weighted by atomic mass is 10.2. The van der Waals surface area contributed by atoms with E-state index in [2.05, 4.69) is 5.32 Å². The first-order chi connectivity index (χ1) is 11.7. The van der Waals surface area contributed by atoms with Gasteiger partial charge in [-0.25, -0.2) is 17.6 Å². The van der Waals surface area contributed by atoms with E-state index in [0.29, 0.717) is 0 Å². The molecule has 0 aliphatic rings. The number of carbonyl (C=O) groups is 2. The summed E-state index contributed by atoms with van der Waals surface area (Å²) in [6, 6.07) is 9.12. The lowest BCUT2D eigenvalue weighted by Gasteiger charge is -2.10. The molecule has 0 unspecified atom stereocenters. The largest absolute Gasteiger partial charge is 0.452 e. The Morgan fingerprint density at radius 2 is 1.88 bits per heavy atom. The highest BCUT2D eigenvalue weighted by Gasteiger charge is 2.17. The molecule has 0 saturated carbocycles. The number of ether oxygens (including phenoxy) is 1. The van der Waals surface area contributed by atoms with Crippen LogP contribution in [0.4, 0.5) is 10.1 Å². The molecule has 9 heteroatoms. The topological polar surface area (TPSA) is 89.5 Å². The fourth-order valence-electron chi connectivity index (χ4n) is 1.94. The molecule has 0 saturated heterocycles. The number of anilines is 1. The Hall–Kier alpha value is -2.45. The highest BCUT2D eigenvalue weighted by molar-refractivity contribution is 7.90. The average molecular weight is 386 g/mol. The van der Waals surface area contributed by atoms with Gasteiger partial charge < -0.3 is 10.1 Å². The molecule has 1 amide bonds. The van der Waals surface area contributed by atoms with Gasteiger partial charge in [-0.15, -0.1) is 0 Å². The van der Waals surface area contributed by atoms with Gasteiger partial charge in [-0.1, -0.05) is 23.7 Å². The van der Waals surface area contributed by atoms with Gasteiger partial charge in [0, 0.05) is 11.3 Å². The van der Waals surface area contributed by atoms with Crippen LogP contribution in [-0.2, 0) is 19.4 Å². The predicted octanol–water partition coefficient (Wildman–Crippen LogP) is 2.68. The van der Waals surface area contributed by atoms with Gasteiger partial charge in [-0.3, -0.25) is 4.79 Å². The number of carbonyl (C=O) groups excluding carboxylic acids is 2. The van der Waals surface area contributed by atoms with Crippen molar-refractivity contribution in [2.24, 2.45) is 0 Å². The van der Waals surface area contributed by atoms with Crippen molar-refractivity contribution >= 4 is 39.0 Å². The molecule has 2 rings (SSSR count). The Morgan fingerprint density at radius 1 is 1.20 bits per heavy atom. The van der Waals surface area contributed by atoms with Crippen molar-refractivity contribution in [1.82, 2.24) is 0 Å². The van der Waals surface area contributed by atoms with Crippen molar-refractivity contribution in [2.75, 3.05) is 18.2 Å².